The minimum absolute atomic E-state index is 0.0143. The van der Waals surface area contributed by atoms with Gasteiger partial charge in [0.25, 0.3) is 0 Å². The summed E-state index contributed by atoms with van der Waals surface area (Å²) in [4.78, 5) is 0. The minimum Gasteiger partial charge on any atom is -0.481 e. The van der Waals surface area contributed by atoms with Crippen LogP contribution >= 0.6 is 0 Å². The molecule has 0 amide bonds. The standard InChI is InChI=1S/C25H29F3O/c1-2-3-17-4-6-18(7-5-17)19-8-10-20(11-9-19)21-12-14-23-22(16-21)13-15-24(29-23)25(26,27)28/h8-12,14,16-18,24H,2-7,13,15H2,1H3. The molecule has 2 aromatic rings. The quantitative estimate of drug-likeness (QED) is 0.509. The lowest BCUT2D eigenvalue weighted by Crippen LogP contribution is -2.37. The average Bonchev–Trinajstić information content (AvgIpc) is 2.73. The lowest BCUT2D eigenvalue weighted by Gasteiger charge is -2.29. The van der Waals surface area contributed by atoms with Crippen LogP contribution < -0.4 is 4.74 Å². The molecule has 1 aliphatic carbocycles. The second-order valence-corrected chi connectivity index (χ2v) is 8.64. The van der Waals surface area contributed by atoms with Gasteiger partial charge in [0.05, 0.1) is 0 Å². The van der Waals surface area contributed by atoms with Crippen molar-refractivity contribution in [1.82, 2.24) is 0 Å². The predicted molar refractivity (Wildman–Crippen MR) is 110 cm³/mol. The molecule has 2 aromatic carbocycles. The van der Waals surface area contributed by atoms with Crippen LogP contribution in [0.2, 0.25) is 0 Å². The van der Waals surface area contributed by atoms with Crippen LogP contribution in [0.3, 0.4) is 0 Å². The van der Waals surface area contributed by atoms with Crippen LogP contribution in [0.5, 0.6) is 5.75 Å². The van der Waals surface area contributed by atoms with Gasteiger partial charge in [0.2, 0.25) is 0 Å². The maximum Gasteiger partial charge on any atom is 0.425 e. The Morgan fingerprint density at radius 2 is 1.59 bits per heavy atom. The molecule has 1 atom stereocenters. The predicted octanol–water partition coefficient (Wildman–Crippen LogP) is 7.68. The molecule has 29 heavy (non-hydrogen) atoms. The third-order valence-electron chi connectivity index (χ3n) is 6.63. The van der Waals surface area contributed by atoms with Crippen molar-refractivity contribution in [2.45, 2.75) is 76.5 Å². The van der Waals surface area contributed by atoms with Crippen LogP contribution in [-0.4, -0.2) is 12.3 Å². The molecule has 2 aliphatic rings. The van der Waals surface area contributed by atoms with Gasteiger partial charge < -0.3 is 4.74 Å². The Kier molecular flexibility index (Phi) is 5.89. The number of aryl methyl sites for hydroxylation is 1. The maximum absolute atomic E-state index is 12.9. The summed E-state index contributed by atoms with van der Waals surface area (Å²) < 4.78 is 43.9. The van der Waals surface area contributed by atoms with E-state index in [-0.39, 0.29) is 6.42 Å². The van der Waals surface area contributed by atoms with Gasteiger partial charge in [0, 0.05) is 0 Å². The largest absolute Gasteiger partial charge is 0.481 e. The summed E-state index contributed by atoms with van der Waals surface area (Å²) in [5.74, 6) is 1.93. The van der Waals surface area contributed by atoms with Crippen molar-refractivity contribution in [2.75, 3.05) is 0 Å². The van der Waals surface area contributed by atoms with E-state index < -0.39 is 12.3 Å². The van der Waals surface area contributed by atoms with Crippen LogP contribution in [0, 0.1) is 5.92 Å². The normalized spacial score (nSPS) is 24.6. The van der Waals surface area contributed by atoms with Crippen LogP contribution in [0.25, 0.3) is 11.1 Å². The molecule has 1 unspecified atom stereocenters. The first kappa shape index (κ1) is 20.3. The molecular weight excluding hydrogens is 373 g/mol. The maximum atomic E-state index is 12.9. The fraction of sp³-hybridized carbons (Fsp3) is 0.520. The van der Waals surface area contributed by atoms with Gasteiger partial charge in [-0.2, -0.15) is 13.2 Å². The Balaban J connectivity index is 1.44. The number of fused-ring (bicyclic) bond motifs is 1. The molecule has 0 aromatic heterocycles. The van der Waals surface area contributed by atoms with E-state index in [1.807, 2.05) is 12.1 Å². The highest BCUT2D eigenvalue weighted by atomic mass is 19.4. The van der Waals surface area contributed by atoms with E-state index in [0.717, 1.165) is 22.6 Å². The summed E-state index contributed by atoms with van der Waals surface area (Å²) in [6.45, 7) is 2.27. The zero-order valence-corrected chi connectivity index (χ0v) is 17.0. The van der Waals surface area contributed by atoms with E-state index in [2.05, 4.69) is 31.2 Å². The third-order valence-corrected chi connectivity index (χ3v) is 6.63. The van der Waals surface area contributed by atoms with Crippen LogP contribution in [0.15, 0.2) is 42.5 Å². The number of benzene rings is 2. The number of rotatable bonds is 4. The smallest absolute Gasteiger partial charge is 0.425 e. The number of ether oxygens (including phenoxy) is 1. The van der Waals surface area contributed by atoms with E-state index in [9.17, 15) is 13.2 Å². The molecule has 1 fully saturated rings. The fourth-order valence-electron chi connectivity index (χ4n) is 4.94. The molecule has 156 valence electrons. The molecule has 0 saturated heterocycles. The van der Waals surface area contributed by atoms with Crippen LogP contribution in [0.4, 0.5) is 13.2 Å². The highest BCUT2D eigenvalue weighted by Gasteiger charge is 2.43. The zero-order chi connectivity index (χ0) is 20.4. The second kappa shape index (κ2) is 8.41. The summed E-state index contributed by atoms with van der Waals surface area (Å²) in [6, 6.07) is 14.3. The molecule has 0 radical (unpaired) electrons. The van der Waals surface area contributed by atoms with E-state index >= 15 is 0 Å². The SMILES string of the molecule is CCCC1CCC(c2ccc(-c3ccc4c(c3)CCC(C(F)(F)F)O4)cc2)CC1. The highest BCUT2D eigenvalue weighted by molar-refractivity contribution is 5.66. The van der Waals surface area contributed by atoms with E-state index in [1.54, 1.807) is 6.07 Å². The van der Waals surface area contributed by atoms with Crippen molar-refractivity contribution in [3.05, 3.63) is 53.6 Å². The van der Waals surface area contributed by atoms with Gasteiger partial charge >= 0.3 is 6.18 Å². The van der Waals surface area contributed by atoms with Crippen molar-refractivity contribution in [3.8, 4) is 16.9 Å². The number of hydrogen-bond acceptors (Lipinski definition) is 1. The Labute approximate surface area is 171 Å². The molecule has 4 heteroatoms. The van der Waals surface area contributed by atoms with Gasteiger partial charge in [-0.25, -0.2) is 0 Å². The molecule has 1 aliphatic heterocycles. The van der Waals surface area contributed by atoms with Gasteiger partial charge in [-0.05, 0) is 84.7 Å². The molecule has 4 rings (SSSR count). The third kappa shape index (κ3) is 4.62. The summed E-state index contributed by atoms with van der Waals surface area (Å²) in [5, 5.41) is 0. The van der Waals surface area contributed by atoms with E-state index in [4.69, 9.17) is 4.74 Å². The van der Waals surface area contributed by atoms with Gasteiger partial charge in [-0.1, -0.05) is 50.1 Å². The van der Waals surface area contributed by atoms with E-state index in [1.165, 1.54) is 44.1 Å². The molecular formula is C25H29F3O. The van der Waals surface area contributed by atoms with Crippen molar-refractivity contribution >= 4 is 0 Å². The fourth-order valence-corrected chi connectivity index (χ4v) is 4.94. The summed E-state index contributed by atoms with van der Waals surface area (Å²) >= 11 is 0. The van der Waals surface area contributed by atoms with Crippen LogP contribution in [-0.2, 0) is 6.42 Å². The molecule has 1 heterocycles. The van der Waals surface area contributed by atoms with Crippen molar-refractivity contribution in [1.29, 1.82) is 0 Å². The average molecular weight is 403 g/mol. The Hall–Kier alpha value is -1.97. The topological polar surface area (TPSA) is 9.23 Å². The summed E-state index contributed by atoms with van der Waals surface area (Å²) in [6.07, 6.45) is 2.26. The number of halogens is 3. The van der Waals surface area contributed by atoms with Crippen molar-refractivity contribution in [3.63, 3.8) is 0 Å². The first-order chi connectivity index (χ1) is 13.9. The first-order valence-electron chi connectivity index (χ1n) is 10.9. The molecule has 1 saturated carbocycles. The summed E-state index contributed by atoms with van der Waals surface area (Å²) in [7, 11) is 0. The van der Waals surface area contributed by atoms with Crippen molar-refractivity contribution < 1.29 is 17.9 Å². The Morgan fingerprint density at radius 1 is 0.897 bits per heavy atom. The molecule has 0 bridgehead atoms. The summed E-state index contributed by atoms with van der Waals surface area (Å²) in [5.41, 5.74) is 4.42. The van der Waals surface area contributed by atoms with Gasteiger partial charge in [-0.15, -0.1) is 0 Å². The lowest BCUT2D eigenvalue weighted by molar-refractivity contribution is -0.199. The zero-order valence-electron chi connectivity index (χ0n) is 17.0. The van der Waals surface area contributed by atoms with Gasteiger partial charge in [0.15, 0.2) is 6.10 Å². The number of hydrogen-bond donors (Lipinski definition) is 0. The molecule has 0 spiro atoms. The lowest BCUT2D eigenvalue weighted by atomic mass is 9.77. The second-order valence-electron chi connectivity index (χ2n) is 8.64. The Bertz CT molecular complexity index is 817. The highest BCUT2D eigenvalue weighted by Crippen LogP contribution is 2.39. The Morgan fingerprint density at radius 3 is 2.24 bits per heavy atom. The van der Waals surface area contributed by atoms with Crippen molar-refractivity contribution in [2.24, 2.45) is 5.92 Å². The molecule has 0 N–H and O–H groups in total. The van der Waals surface area contributed by atoms with Crippen LogP contribution in [0.1, 0.15) is 68.9 Å². The monoisotopic (exact) mass is 402 g/mol. The van der Waals surface area contributed by atoms with E-state index in [0.29, 0.717) is 18.1 Å². The minimum atomic E-state index is -4.30. The van der Waals surface area contributed by atoms with Gasteiger partial charge in [-0.3, -0.25) is 0 Å². The number of alkyl halides is 3. The van der Waals surface area contributed by atoms with Gasteiger partial charge in [0.1, 0.15) is 5.75 Å². The first-order valence-corrected chi connectivity index (χ1v) is 10.9. The molecule has 1 nitrogen and oxygen atoms in total.